The predicted octanol–water partition coefficient (Wildman–Crippen LogP) is 3.22. The van der Waals surface area contributed by atoms with Gasteiger partial charge in [-0.1, -0.05) is 19.1 Å². The maximum atomic E-state index is 11.7. The van der Waals surface area contributed by atoms with Crippen molar-refractivity contribution in [3.05, 3.63) is 35.4 Å². The molecule has 1 aliphatic rings. The van der Waals surface area contributed by atoms with Crippen LogP contribution in [0.5, 0.6) is 5.75 Å². The van der Waals surface area contributed by atoms with E-state index in [-0.39, 0.29) is 5.97 Å². The molecule has 0 saturated carbocycles. The molecule has 0 unspecified atom stereocenters. The first-order chi connectivity index (χ1) is 9.21. The van der Waals surface area contributed by atoms with Gasteiger partial charge in [0.1, 0.15) is 5.75 Å². The van der Waals surface area contributed by atoms with Crippen molar-refractivity contribution < 1.29 is 14.3 Å². The van der Waals surface area contributed by atoms with Gasteiger partial charge in [-0.3, -0.25) is 0 Å². The average molecular weight is 260 g/mol. The highest BCUT2D eigenvalue weighted by atomic mass is 16.5. The van der Waals surface area contributed by atoms with Crippen LogP contribution < -0.4 is 4.74 Å². The summed E-state index contributed by atoms with van der Waals surface area (Å²) in [5, 5.41) is 0. The van der Waals surface area contributed by atoms with Gasteiger partial charge in [-0.15, -0.1) is 0 Å². The van der Waals surface area contributed by atoms with Crippen molar-refractivity contribution in [2.45, 2.75) is 26.7 Å². The van der Waals surface area contributed by atoms with Crippen molar-refractivity contribution in [3.63, 3.8) is 0 Å². The Morgan fingerprint density at radius 3 is 2.84 bits per heavy atom. The van der Waals surface area contributed by atoms with Gasteiger partial charge >= 0.3 is 5.97 Å². The van der Waals surface area contributed by atoms with Crippen molar-refractivity contribution >= 4 is 11.5 Å². The molecule has 0 saturated heterocycles. The molecule has 3 nitrogen and oxygen atoms in total. The van der Waals surface area contributed by atoms with Crippen LogP contribution in [0.15, 0.2) is 24.3 Å². The number of carbonyl (C=O) groups excluding carboxylic acids is 1. The smallest absolute Gasteiger partial charge is 0.331 e. The number of hydrogen-bond donors (Lipinski definition) is 0. The number of fused-ring (bicyclic) bond motifs is 1. The van der Waals surface area contributed by atoms with Crippen LogP contribution in [0.2, 0.25) is 0 Å². The maximum Gasteiger partial charge on any atom is 0.331 e. The second-order valence-corrected chi connectivity index (χ2v) is 4.66. The molecule has 0 bridgehead atoms. The summed E-state index contributed by atoms with van der Waals surface area (Å²) in [5.74, 6) is 0.939. The first-order valence-corrected chi connectivity index (χ1v) is 6.75. The Bertz CT molecular complexity index is 503. The van der Waals surface area contributed by atoms with Crippen LogP contribution in [0.3, 0.4) is 0 Å². The number of carbonyl (C=O) groups is 1. The molecule has 0 spiro atoms. The van der Waals surface area contributed by atoms with E-state index in [1.165, 1.54) is 5.56 Å². The van der Waals surface area contributed by atoms with Crippen molar-refractivity contribution in [2.75, 3.05) is 13.7 Å². The molecule has 0 heterocycles. The summed E-state index contributed by atoms with van der Waals surface area (Å²) in [5.41, 5.74) is 3.38. The lowest BCUT2D eigenvalue weighted by molar-refractivity contribution is -0.137. The van der Waals surface area contributed by atoms with Gasteiger partial charge in [0.2, 0.25) is 0 Å². The quantitative estimate of drug-likeness (QED) is 0.616. The molecule has 0 radical (unpaired) electrons. The molecule has 2 rings (SSSR count). The van der Waals surface area contributed by atoms with E-state index in [1.54, 1.807) is 13.2 Å². The third-order valence-electron chi connectivity index (χ3n) is 3.58. The lowest BCUT2D eigenvalue weighted by Gasteiger charge is -2.11. The second kappa shape index (κ2) is 5.91. The van der Waals surface area contributed by atoms with Gasteiger partial charge in [-0.25, -0.2) is 4.79 Å². The summed E-state index contributed by atoms with van der Waals surface area (Å²) in [6, 6.07) is 6.04. The fourth-order valence-electron chi connectivity index (χ4n) is 2.69. The molecule has 1 aromatic carbocycles. The molecule has 1 aliphatic carbocycles. The van der Waals surface area contributed by atoms with Crippen LogP contribution >= 0.6 is 0 Å². The largest absolute Gasteiger partial charge is 0.496 e. The summed E-state index contributed by atoms with van der Waals surface area (Å²) in [6.45, 7) is 4.36. The van der Waals surface area contributed by atoms with Gasteiger partial charge in [0.25, 0.3) is 0 Å². The predicted molar refractivity (Wildman–Crippen MR) is 75.1 cm³/mol. The SMILES string of the molecule is CCOC(=O)/C=C1/c2c(cccc2OC)C[C@@H]1CC. The molecule has 0 fully saturated rings. The summed E-state index contributed by atoms with van der Waals surface area (Å²) in [7, 11) is 1.66. The van der Waals surface area contributed by atoms with E-state index in [9.17, 15) is 4.79 Å². The molecule has 0 N–H and O–H groups in total. The lowest BCUT2D eigenvalue weighted by atomic mass is 9.96. The van der Waals surface area contributed by atoms with Gasteiger partial charge in [0.05, 0.1) is 13.7 Å². The van der Waals surface area contributed by atoms with E-state index >= 15 is 0 Å². The maximum absolute atomic E-state index is 11.7. The highest BCUT2D eigenvalue weighted by Gasteiger charge is 2.29. The molecular formula is C16H20O3. The van der Waals surface area contributed by atoms with Crippen molar-refractivity contribution in [1.82, 2.24) is 0 Å². The number of ether oxygens (including phenoxy) is 2. The molecule has 1 aromatic rings. The Hall–Kier alpha value is -1.77. The van der Waals surface area contributed by atoms with Crippen LogP contribution in [0.25, 0.3) is 5.57 Å². The van der Waals surface area contributed by atoms with Gasteiger partial charge in [-0.2, -0.15) is 0 Å². The van der Waals surface area contributed by atoms with Gasteiger partial charge < -0.3 is 9.47 Å². The number of benzene rings is 1. The van der Waals surface area contributed by atoms with E-state index < -0.39 is 0 Å². The van der Waals surface area contributed by atoms with Crippen molar-refractivity contribution in [3.8, 4) is 5.75 Å². The highest BCUT2D eigenvalue weighted by molar-refractivity contribution is 5.94. The summed E-state index contributed by atoms with van der Waals surface area (Å²) in [4.78, 5) is 11.7. The normalized spacial score (nSPS) is 19.3. The minimum atomic E-state index is -0.269. The van der Waals surface area contributed by atoms with Crippen LogP contribution in [-0.4, -0.2) is 19.7 Å². The minimum Gasteiger partial charge on any atom is -0.496 e. The van der Waals surface area contributed by atoms with E-state index in [4.69, 9.17) is 9.47 Å². The van der Waals surface area contributed by atoms with Crippen molar-refractivity contribution in [1.29, 1.82) is 0 Å². The average Bonchev–Trinajstić information content (AvgIpc) is 2.77. The first-order valence-electron chi connectivity index (χ1n) is 6.75. The third kappa shape index (κ3) is 2.65. The number of methoxy groups -OCH3 is 1. The Kier molecular flexibility index (Phi) is 4.25. The second-order valence-electron chi connectivity index (χ2n) is 4.66. The molecular weight excluding hydrogens is 240 g/mol. The Balaban J connectivity index is 2.45. The number of esters is 1. The van der Waals surface area contributed by atoms with Gasteiger partial charge in [-0.05, 0) is 42.9 Å². The summed E-state index contributed by atoms with van der Waals surface area (Å²) >= 11 is 0. The van der Waals surface area contributed by atoms with Crippen molar-refractivity contribution in [2.24, 2.45) is 5.92 Å². The molecule has 102 valence electrons. The van der Waals surface area contributed by atoms with Crippen LogP contribution in [0.4, 0.5) is 0 Å². The van der Waals surface area contributed by atoms with Crippen LogP contribution in [0.1, 0.15) is 31.4 Å². The molecule has 0 aliphatic heterocycles. The van der Waals surface area contributed by atoms with E-state index in [2.05, 4.69) is 13.0 Å². The topological polar surface area (TPSA) is 35.5 Å². The first kappa shape index (κ1) is 13.7. The summed E-state index contributed by atoms with van der Waals surface area (Å²) < 4.78 is 10.5. The highest BCUT2D eigenvalue weighted by Crippen LogP contribution is 2.43. The molecule has 0 amide bonds. The third-order valence-corrected chi connectivity index (χ3v) is 3.58. The summed E-state index contributed by atoms with van der Waals surface area (Å²) in [6.07, 6.45) is 3.60. The van der Waals surface area contributed by atoms with E-state index in [0.29, 0.717) is 12.5 Å². The van der Waals surface area contributed by atoms with E-state index in [0.717, 1.165) is 29.7 Å². The molecule has 3 heteroatoms. The monoisotopic (exact) mass is 260 g/mol. The lowest BCUT2D eigenvalue weighted by Crippen LogP contribution is -2.04. The number of hydrogen-bond acceptors (Lipinski definition) is 3. The molecule has 1 atom stereocenters. The standard InChI is InChI=1S/C16H20O3/c1-4-11-9-12-7-6-8-14(18-3)16(12)13(11)10-15(17)19-5-2/h6-8,10-11H,4-5,9H2,1-3H3/b13-10+/t11-/m0/s1. The molecule has 0 aromatic heterocycles. The van der Waals surface area contributed by atoms with Crippen LogP contribution in [0, 0.1) is 5.92 Å². The minimum absolute atomic E-state index is 0.269. The fourth-order valence-corrected chi connectivity index (χ4v) is 2.69. The fraction of sp³-hybridized carbons (Fsp3) is 0.438. The van der Waals surface area contributed by atoms with Gasteiger partial charge in [0, 0.05) is 11.6 Å². The number of allylic oxidation sites excluding steroid dienone is 1. The Morgan fingerprint density at radius 1 is 1.42 bits per heavy atom. The number of rotatable bonds is 4. The zero-order valence-corrected chi connectivity index (χ0v) is 11.7. The van der Waals surface area contributed by atoms with Crippen LogP contribution in [-0.2, 0) is 16.0 Å². The Labute approximate surface area is 114 Å². The van der Waals surface area contributed by atoms with Gasteiger partial charge in [0.15, 0.2) is 0 Å². The molecule has 19 heavy (non-hydrogen) atoms. The van der Waals surface area contributed by atoms with E-state index in [1.807, 2.05) is 19.1 Å². The zero-order valence-electron chi connectivity index (χ0n) is 11.7. The zero-order chi connectivity index (χ0) is 13.8. The Morgan fingerprint density at radius 2 is 2.21 bits per heavy atom.